The highest BCUT2D eigenvalue weighted by Crippen LogP contribution is 2.27. The average Bonchev–Trinajstić information content (AvgIpc) is 2.73. The Hall–Kier alpha value is -1.68. The standard InChI is InChI=1S/C12H11NO2S/c1-7-6-9(12(14)15)8(2)13-11(7)10-4-3-5-16-10/h3-6H,1-2H3,(H,14,15). The number of hydrogen-bond donors (Lipinski definition) is 1. The molecular weight excluding hydrogens is 222 g/mol. The number of carboxylic acid groups (broad SMARTS) is 1. The predicted molar refractivity (Wildman–Crippen MR) is 64.0 cm³/mol. The normalized spacial score (nSPS) is 10.4. The van der Waals surface area contributed by atoms with Gasteiger partial charge in [0.05, 0.1) is 21.8 Å². The molecule has 4 heteroatoms. The van der Waals surface area contributed by atoms with Gasteiger partial charge in [0.1, 0.15) is 0 Å². The molecule has 0 bridgehead atoms. The van der Waals surface area contributed by atoms with Crippen LogP contribution in [0, 0.1) is 13.8 Å². The highest BCUT2D eigenvalue weighted by molar-refractivity contribution is 7.13. The maximum Gasteiger partial charge on any atom is 0.337 e. The number of hydrogen-bond acceptors (Lipinski definition) is 3. The Kier molecular flexibility index (Phi) is 2.75. The molecule has 3 nitrogen and oxygen atoms in total. The number of nitrogens with zero attached hydrogens (tertiary/aromatic N) is 1. The molecule has 0 spiro atoms. The van der Waals surface area contributed by atoms with Gasteiger partial charge in [0.15, 0.2) is 0 Å². The van der Waals surface area contributed by atoms with Crippen molar-refractivity contribution in [3.63, 3.8) is 0 Å². The van der Waals surface area contributed by atoms with Gasteiger partial charge in [-0.15, -0.1) is 11.3 Å². The Morgan fingerprint density at radius 3 is 2.75 bits per heavy atom. The molecule has 0 aliphatic rings. The molecule has 0 saturated carbocycles. The van der Waals surface area contributed by atoms with Crippen LogP contribution in [0.4, 0.5) is 0 Å². The van der Waals surface area contributed by atoms with Gasteiger partial charge in [0.2, 0.25) is 0 Å². The summed E-state index contributed by atoms with van der Waals surface area (Å²) in [6, 6.07) is 5.63. The first-order valence-electron chi connectivity index (χ1n) is 4.85. The van der Waals surface area contributed by atoms with E-state index in [0.29, 0.717) is 5.69 Å². The van der Waals surface area contributed by atoms with Gasteiger partial charge in [0, 0.05) is 0 Å². The lowest BCUT2D eigenvalue weighted by Gasteiger charge is -2.07. The van der Waals surface area contributed by atoms with Crippen molar-refractivity contribution in [1.29, 1.82) is 0 Å². The van der Waals surface area contributed by atoms with Crippen molar-refractivity contribution in [3.05, 3.63) is 40.4 Å². The van der Waals surface area contributed by atoms with Crippen molar-refractivity contribution < 1.29 is 9.90 Å². The minimum atomic E-state index is -0.925. The number of carboxylic acids is 1. The van der Waals surface area contributed by atoms with E-state index < -0.39 is 5.97 Å². The lowest BCUT2D eigenvalue weighted by molar-refractivity contribution is 0.0695. The predicted octanol–water partition coefficient (Wildman–Crippen LogP) is 3.13. The molecule has 0 fully saturated rings. The fourth-order valence-electron chi connectivity index (χ4n) is 1.58. The van der Waals surface area contributed by atoms with Crippen LogP contribution in [-0.4, -0.2) is 16.1 Å². The molecule has 0 amide bonds. The molecule has 0 aromatic carbocycles. The molecule has 1 N–H and O–H groups in total. The molecular formula is C12H11NO2S. The van der Waals surface area contributed by atoms with Crippen LogP contribution in [0.15, 0.2) is 23.6 Å². The summed E-state index contributed by atoms with van der Waals surface area (Å²) in [7, 11) is 0. The molecule has 2 aromatic heterocycles. The minimum Gasteiger partial charge on any atom is -0.478 e. The maximum atomic E-state index is 10.9. The van der Waals surface area contributed by atoms with Crippen molar-refractivity contribution in [1.82, 2.24) is 4.98 Å². The SMILES string of the molecule is Cc1cc(C(=O)O)c(C)nc1-c1cccs1. The quantitative estimate of drug-likeness (QED) is 0.867. The average molecular weight is 233 g/mol. The fraction of sp³-hybridized carbons (Fsp3) is 0.167. The van der Waals surface area contributed by atoms with Crippen LogP contribution >= 0.6 is 11.3 Å². The molecule has 0 aliphatic carbocycles. The molecule has 0 unspecified atom stereocenters. The smallest absolute Gasteiger partial charge is 0.337 e. The molecule has 0 saturated heterocycles. The fourth-order valence-corrected chi connectivity index (χ4v) is 2.36. The summed E-state index contributed by atoms with van der Waals surface area (Å²) < 4.78 is 0. The topological polar surface area (TPSA) is 50.2 Å². The summed E-state index contributed by atoms with van der Waals surface area (Å²) >= 11 is 1.60. The molecule has 0 aliphatic heterocycles. The summed E-state index contributed by atoms with van der Waals surface area (Å²) in [4.78, 5) is 16.4. The molecule has 0 radical (unpaired) electrons. The van der Waals surface area contributed by atoms with E-state index in [-0.39, 0.29) is 5.56 Å². The van der Waals surface area contributed by atoms with E-state index in [2.05, 4.69) is 4.98 Å². The lowest BCUT2D eigenvalue weighted by atomic mass is 10.1. The van der Waals surface area contributed by atoms with Gasteiger partial charge in [-0.25, -0.2) is 4.79 Å². The zero-order valence-corrected chi connectivity index (χ0v) is 9.84. The summed E-state index contributed by atoms with van der Waals surface area (Å²) in [5.41, 5.74) is 2.60. The Balaban J connectivity index is 2.59. The van der Waals surface area contributed by atoms with Gasteiger partial charge in [-0.3, -0.25) is 4.98 Å². The van der Waals surface area contributed by atoms with E-state index in [1.807, 2.05) is 24.4 Å². The van der Waals surface area contributed by atoms with Crippen LogP contribution in [0.5, 0.6) is 0 Å². The van der Waals surface area contributed by atoms with Crippen LogP contribution in [0.1, 0.15) is 21.6 Å². The summed E-state index contributed by atoms with van der Waals surface area (Å²) in [6.45, 7) is 3.61. The van der Waals surface area contributed by atoms with Gasteiger partial charge in [0.25, 0.3) is 0 Å². The van der Waals surface area contributed by atoms with Crippen LogP contribution in [-0.2, 0) is 0 Å². The Bertz CT molecular complexity index is 532. The van der Waals surface area contributed by atoms with Crippen molar-refractivity contribution in [3.8, 4) is 10.6 Å². The van der Waals surface area contributed by atoms with E-state index in [1.54, 1.807) is 24.3 Å². The lowest BCUT2D eigenvalue weighted by Crippen LogP contribution is -2.03. The summed E-state index contributed by atoms with van der Waals surface area (Å²) in [5, 5.41) is 11.0. The highest BCUT2D eigenvalue weighted by Gasteiger charge is 2.13. The van der Waals surface area contributed by atoms with Gasteiger partial charge in [-0.2, -0.15) is 0 Å². The molecule has 16 heavy (non-hydrogen) atoms. The third kappa shape index (κ3) is 1.84. The van der Waals surface area contributed by atoms with E-state index >= 15 is 0 Å². The van der Waals surface area contributed by atoms with Crippen molar-refractivity contribution >= 4 is 17.3 Å². The third-order valence-corrected chi connectivity index (χ3v) is 3.27. The van der Waals surface area contributed by atoms with Crippen LogP contribution in [0.2, 0.25) is 0 Å². The van der Waals surface area contributed by atoms with Gasteiger partial charge < -0.3 is 5.11 Å². The first-order valence-corrected chi connectivity index (χ1v) is 5.73. The second kappa shape index (κ2) is 4.06. The number of aryl methyl sites for hydroxylation is 2. The van der Waals surface area contributed by atoms with E-state index in [0.717, 1.165) is 16.1 Å². The second-order valence-corrected chi connectivity index (χ2v) is 4.52. The number of carbonyl (C=O) groups is 1. The van der Waals surface area contributed by atoms with Crippen molar-refractivity contribution in [2.45, 2.75) is 13.8 Å². The minimum absolute atomic E-state index is 0.276. The van der Waals surface area contributed by atoms with Gasteiger partial charge in [-0.1, -0.05) is 6.07 Å². The molecule has 2 rings (SSSR count). The van der Waals surface area contributed by atoms with E-state index in [9.17, 15) is 4.79 Å². The largest absolute Gasteiger partial charge is 0.478 e. The first kappa shape index (κ1) is 10.8. The second-order valence-electron chi connectivity index (χ2n) is 3.57. The third-order valence-electron chi connectivity index (χ3n) is 2.39. The Labute approximate surface area is 97.4 Å². The van der Waals surface area contributed by atoms with E-state index in [4.69, 9.17) is 5.11 Å². The molecule has 2 aromatic rings. The van der Waals surface area contributed by atoms with E-state index in [1.165, 1.54) is 0 Å². The molecule has 0 atom stereocenters. The number of pyridine rings is 1. The summed E-state index contributed by atoms with van der Waals surface area (Å²) in [6.07, 6.45) is 0. The Morgan fingerprint density at radius 1 is 1.44 bits per heavy atom. The van der Waals surface area contributed by atoms with Gasteiger partial charge >= 0.3 is 5.97 Å². The van der Waals surface area contributed by atoms with Gasteiger partial charge in [-0.05, 0) is 36.9 Å². The number of thiophene rings is 1. The maximum absolute atomic E-state index is 10.9. The first-order chi connectivity index (χ1) is 7.59. The summed E-state index contributed by atoms with van der Waals surface area (Å²) in [5.74, 6) is -0.925. The zero-order valence-electron chi connectivity index (χ0n) is 9.02. The zero-order chi connectivity index (χ0) is 11.7. The number of rotatable bonds is 2. The van der Waals surface area contributed by atoms with Crippen LogP contribution in [0.3, 0.4) is 0 Å². The molecule has 2 heterocycles. The molecule has 82 valence electrons. The van der Waals surface area contributed by atoms with Crippen molar-refractivity contribution in [2.75, 3.05) is 0 Å². The number of aromatic carboxylic acids is 1. The highest BCUT2D eigenvalue weighted by atomic mass is 32.1. The Morgan fingerprint density at radius 2 is 2.19 bits per heavy atom. The number of aromatic nitrogens is 1. The van der Waals surface area contributed by atoms with Crippen molar-refractivity contribution in [2.24, 2.45) is 0 Å². The van der Waals surface area contributed by atoms with Crippen LogP contribution < -0.4 is 0 Å². The van der Waals surface area contributed by atoms with Crippen LogP contribution in [0.25, 0.3) is 10.6 Å². The monoisotopic (exact) mass is 233 g/mol.